The molecule has 0 aromatic heterocycles. The van der Waals surface area contributed by atoms with Gasteiger partial charge in [-0.25, -0.2) is 0 Å². The fourth-order valence-corrected chi connectivity index (χ4v) is 4.51. The molecule has 3 aliphatic rings. The molecule has 0 amide bonds. The van der Waals surface area contributed by atoms with Crippen LogP contribution in [0.5, 0.6) is 0 Å². The number of nitrogens with zero attached hydrogens (tertiary/aromatic N) is 2. The summed E-state index contributed by atoms with van der Waals surface area (Å²) < 4.78 is 0. The van der Waals surface area contributed by atoms with Crippen molar-refractivity contribution in [3.8, 4) is 0 Å². The number of fused-ring (bicyclic) bond motifs is 1. The van der Waals surface area contributed by atoms with E-state index in [9.17, 15) is 5.11 Å². The van der Waals surface area contributed by atoms with Gasteiger partial charge >= 0.3 is 0 Å². The van der Waals surface area contributed by atoms with Crippen LogP contribution in [0.1, 0.15) is 46.0 Å². The van der Waals surface area contributed by atoms with Crippen LogP contribution in [0.2, 0.25) is 0 Å². The van der Waals surface area contributed by atoms with Crippen LogP contribution in [0.15, 0.2) is 0 Å². The molecule has 0 aromatic rings. The van der Waals surface area contributed by atoms with Crippen LogP contribution >= 0.6 is 0 Å². The zero-order chi connectivity index (χ0) is 13.5. The number of aliphatic hydroxyl groups is 1. The van der Waals surface area contributed by atoms with Crippen molar-refractivity contribution >= 4 is 0 Å². The van der Waals surface area contributed by atoms with Gasteiger partial charge in [0.05, 0.1) is 6.10 Å². The number of hydrogen-bond acceptors (Lipinski definition) is 3. The molecule has 3 nitrogen and oxygen atoms in total. The summed E-state index contributed by atoms with van der Waals surface area (Å²) in [5.41, 5.74) is 0.123. The lowest BCUT2D eigenvalue weighted by atomic mass is 9.69. The van der Waals surface area contributed by atoms with Crippen LogP contribution in [0, 0.1) is 11.3 Å². The van der Waals surface area contributed by atoms with Gasteiger partial charge in [0, 0.05) is 32.2 Å². The van der Waals surface area contributed by atoms with E-state index in [4.69, 9.17) is 0 Å². The summed E-state index contributed by atoms with van der Waals surface area (Å²) in [6.45, 7) is 10.6. The molecule has 2 aliphatic heterocycles. The van der Waals surface area contributed by atoms with E-state index in [2.05, 4.69) is 23.6 Å². The third-order valence-corrected chi connectivity index (χ3v) is 5.81. The van der Waals surface area contributed by atoms with Crippen LogP contribution in [0.25, 0.3) is 0 Å². The van der Waals surface area contributed by atoms with E-state index in [1.165, 1.54) is 58.3 Å². The Balaban J connectivity index is 1.56. The average Bonchev–Trinajstić information content (AvgIpc) is 2.82. The van der Waals surface area contributed by atoms with Crippen molar-refractivity contribution in [2.75, 3.05) is 32.7 Å². The molecule has 2 saturated heterocycles. The summed E-state index contributed by atoms with van der Waals surface area (Å²) in [5, 5.41) is 10.6. The lowest BCUT2D eigenvalue weighted by Crippen LogP contribution is -2.53. The zero-order valence-electron chi connectivity index (χ0n) is 12.6. The molecule has 2 heterocycles. The van der Waals surface area contributed by atoms with E-state index in [0.29, 0.717) is 5.92 Å². The largest absolute Gasteiger partial charge is 0.392 e. The van der Waals surface area contributed by atoms with E-state index in [1.807, 2.05) is 0 Å². The van der Waals surface area contributed by atoms with Crippen molar-refractivity contribution in [3.63, 3.8) is 0 Å². The second kappa shape index (κ2) is 5.34. The van der Waals surface area contributed by atoms with Gasteiger partial charge in [-0.3, -0.25) is 4.90 Å². The number of hydrogen-bond donors (Lipinski definition) is 1. The second-order valence-corrected chi connectivity index (χ2v) is 7.68. The Morgan fingerprint density at radius 3 is 2.79 bits per heavy atom. The first-order chi connectivity index (χ1) is 9.06. The molecule has 0 spiro atoms. The summed E-state index contributed by atoms with van der Waals surface area (Å²) in [6.07, 6.45) is 6.35. The summed E-state index contributed by atoms with van der Waals surface area (Å²) in [5.74, 6) is 0.497. The maximum absolute atomic E-state index is 10.6. The molecule has 3 atom stereocenters. The average molecular weight is 266 g/mol. The molecule has 0 radical (unpaired) electrons. The quantitative estimate of drug-likeness (QED) is 0.827. The van der Waals surface area contributed by atoms with Gasteiger partial charge in [0.15, 0.2) is 0 Å². The smallest absolute Gasteiger partial charge is 0.0631 e. The SMILES string of the molecule is CC1(C)CCCC(CN2CCN3CCCC3C2)C1O. The molecule has 3 heteroatoms. The molecule has 1 aliphatic carbocycles. The van der Waals surface area contributed by atoms with E-state index < -0.39 is 0 Å². The van der Waals surface area contributed by atoms with E-state index >= 15 is 0 Å². The standard InChI is InChI=1S/C16H30N2O/c1-16(2)7-3-5-13(15(16)19)11-17-9-10-18-8-4-6-14(18)12-17/h13-15,19H,3-12H2,1-2H3. The van der Waals surface area contributed by atoms with E-state index in [1.54, 1.807) is 0 Å². The Morgan fingerprint density at radius 1 is 1.11 bits per heavy atom. The van der Waals surface area contributed by atoms with Gasteiger partial charge in [-0.05, 0) is 43.6 Å². The van der Waals surface area contributed by atoms with Gasteiger partial charge in [-0.15, -0.1) is 0 Å². The molecule has 1 N–H and O–H groups in total. The van der Waals surface area contributed by atoms with Gasteiger partial charge in [-0.1, -0.05) is 20.3 Å². The molecular weight excluding hydrogens is 236 g/mol. The molecule has 0 bridgehead atoms. The normalized spacial score (nSPS) is 40.3. The maximum Gasteiger partial charge on any atom is 0.0631 e. The van der Waals surface area contributed by atoms with Gasteiger partial charge in [0.1, 0.15) is 0 Å². The summed E-state index contributed by atoms with van der Waals surface area (Å²) in [7, 11) is 0. The Hall–Kier alpha value is -0.120. The predicted octanol–water partition coefficient (Wildman–Crippen LogP) is 1.95. The number of aliphatic hydroxyl groups excluding tert-OH is 1. The third-order valence-electron chi connectivity index (χ3n) is 5.81. The molecule has 3 unspecified atom stereocenters. The highest BCUT2D eigenvalue weighted by molar-refractivity contribution is 4.92. The zero-order valence-corrected chi connectivity index (χ0v) is 12.6. The minimum absolute atomic E-state index is 0.108. The van der Waals surface area contributed by atoms with Crippen LogP contribution in [-0.2, 0) is 0 Å². The highest BCUT2D eigenvalue weighted by Gasteiger charge is 2.39. The number of rotatable bonds is 2. The Bertz CT molecular complexity index is 318. The lowest BCUT2D eigenvalue weighted by molar-refractivity contribution is -0.0485. The molecule has 0 aromatic carbocycles. The van der Waals surface area contributed by atoms with Crippen molar-refractivity contribution in [1.82, 2.24) is 9.80 Å². The first kappa shape index (κ1) is 13.8. The van der Waals surface area contributed by atoms with Crippen molar-refractivity contribution < 1.29 is 5.11 Å². The highest BCUT2D eigenvalue weighted by atomic mass is 16.3. The topological polar surface area (TPSA) is 26.7 Å². The van der Waals surface area contributed by atoms with Crippen molar-refractivity contribution in [1.29, 1.82) is 0 Å². The maximum atomic E-state index is 10.6. The van der Waals surface area contributed by atoms with Gasteiger partial charge in [-0.2, -0.15) is 0 Å². The van der Waals surface area contributed by atoms with Crippen LogP contribution < -0.4 is 0 Å². The molecular formula is C16H30N2O. The fraction of sp³-hybridized carbons (Fsp3) is 1.00. The molecule has 1 saturated carbocycles. The van der Waals surface area contributed by atoms with Crippen molar-refractivity contribution in [2.24, 2.45) is 11.3 Å². The summed E-state index contributed by atoms with van der Waals surface area (Å²) in [6, 6.07) is 0.808. The van der Waals surface area contributed by atoms with Crippen LogP contribution in [0.3, 0.4) is 0 Å². The fourth-order valence-electron chi connectivity index (χ4n) is 4.51. The Labute approximate surface area is 118 Å². The van der Waals surface area contributed by atoms with Gasteiger partial charge in [0.25, 0.3) is 0 Å². The Kier molecular flexibility index (Phi) is 3.89. The molecule has 19 heavy (non-hydrogen) atoms. The van der Waals surface area contributed by atoms with E-state index in [0.717, 1.165) is 12.6 Å². The Morgan fingerprint density at radius 2 is 1.95 bits per heavy atom. The monoisotopic (exact) mass is 266 g/mol. The second-order valence-electron chi connectivity index (χ2n) is 7.68. The predicted molar refractivity (Wildman–Crippen MR) is 78.2 cm³/mol. The van der Waals surface area contributed by atoms with Crippen LogP contribution in [0.4, 0.5) is 0 Å². The van der Waals surface area contributed by atoms with Gasteiger partial charge in [0.2, 0.25) is 0 Å². The van der Waals surface area contributed by atoms with Crippen molar-refractivity contribution in [2.45, 2.75) is 58.1 Å². The molecule has 3 fully saturated rings. The highest BCUT2D eigenvalue weighted by Crippen LogP contribution is 2.39. The van der Waals surface area contributed by atoms with E-state index in [-0.39, 0.29) is 11.5 Å². The summed E-state index contributed by atoms with van der Waals surface area (Å²) in [4.78, 5) is 5.29. The third kappa shape index (κ3) is 2.84. The van der Waals surface area contributed by atoms with Gasteiger partial charge < -0.3 is 10.0 Å². The molecule has 3 rings (SSSR count). The molecule has 110 valence electrons. The lowest BCUT2D eigenvalue weighted by Gasteiger charge is -2.45. The minimum Gasteiger partial charge on any atom is -0.392 e. The minimum atomic E-state index is -0.108. The van der Waals surface area contributed by atoms with Crippen LogP contribution in [-0.4, -0.2) is 59.8 Å². The summed E-state index contributed by atoms with van der Waals surface area (Å²) >= 11 is 0. The first-order valence-electron chi connectivity index (χ1n) is 8.21. The van der Waals surface area contributed by atoms with Crippen molar-refractivity contribution in [3.05, 3.63) is 0 Å². The number of piperazine rings is 1. The first-order valence-corrected chi connectivity index (χ1v) is 8.21.